The van der Waals surface area contributed by atoms with Crippen LogP contribution in [0.4, 0.5) is 0 Å². The van der Waals surface area contributed by atoms with E-state index >= 15 is 0 Å². The summed E-state index contributed by atoms with van der Waals surface area (Å²) in [5.41, 5.74) is 4.83. The minimum absolute atomic E-state index is 0.0114. The van der Waals surface area contributed by atoms with Crippen molar-refractivity contribution in [2.75, 3.05) is 6.61 Å². The first-order chi connectivity index (χ1) is 7.06. The first kappa shape index (κ1) is 11.3. The third-order valence-corrected chi connectivity index (χ3v) is 2.27. The van der Waals surface area contributed by atoms with Gasteiger partial charge in [-0.15, -0.1) is 11.3 Å². The Hall–Kier alpha value is -1.76. The van der Waals surface area contributed by atoms with Crippen LogP contribution in [0.2, 0.25) is 0 Å². The average molecular weight is 228 g/mol. The normalized spacial score (nSPS) is 9.67. The predicted octanol–water partition coefficient (Wildman–Crippen LogP) is -0.0122. The van der Waals surface area contributed by atoms with Crippen LogP contribution in [-0.2, 0) is 9.53 Å². The molecule has 0 aliphatic carbocycles. The highest BCUT2D eigenvalue weighted by atomic mass is 32.1. The van der Waals surface area contributed by atoms with Crippen LogP contribution in [0.1, 0.15) is 27.2 Å². The molecule has 0 aromatic carbocycles. The van der Waals surface area contributed by atoms with Crippen LogP contribution in [0, 0.1) is 0 Å². The van der Waals surface area contributed by atoms with Gasteiger partial charge in [0.15, 0.2) is 5.01 Å². The van der Waals surface area contributed by atoms with Gasteiger partial charge in [-0.1, -0.05) is 0 Å². The van der Waals surface area contributed by atoms with E-state index in [1.807, 2.05) is 0 Å². The molecule has 1 heterocycles. The number of primary amides is 1. The number of Topliss-reactive ketones (excluding diaryl/α,β-unsaturated/α-hetero) is 1. The zero-order valence-corrected chi connectivity index (χ0v) is 8.67. The van der Waals surface area contributed by atoms with Crippen LogP contribution in [0.5, 0.6) is 0 Å². The molecule has 0 saturated carbocycles. The Bertz CT molecular complexity index is 413. The molecule has 80 valence electrons. The molecule has 1 rings (SSSR count). The second-order valence-electron chi connectivity index (χ2n) is 2.45. The van der Waals surface area contributed by atoms with Crippen LogP contribution >= 0.6 is 11.3 Å². The zero-order chi connectivity index (χ0) is 11.4. The molecule has 1 aromatic heterocycles. The maximum atomic E-state index is 11.3. The largest absolute Gasteiger partial charge is 0.460 e. The number of esters is 1. The summed E-state index contributed by atoms with van der Waals surface area (Å²) in [6, 6.07) is 0. The molecule has 6 nitrogen and oxygen atoms in total. The second-order valence-corrected chi connectivity index (χ2v) is 3.31. The van der Waals surface area contributed by atoms with Crippen molar-refractivity contribution in [3.63, 3.8) is 0 Å². The van der Waals surface area contributed by atoms with E-state index in [1.165, 1.54) is 5.38 Å². The number of hydrogen-bond acceptors (Lipinski definition) is 6. The number of ether oxygens (including phenoxy) is 1. The number of rotatable bonds is 4. The lowest BCUT2D eigenvalue weighted by molar-refractivity contribution is -0.137. The number of nitrogens with two attached hydrogens (primary N) is 1. The molecule has 0 aliphatic rings. The van der Waals surface area contributed by atoms with Gasteiger partial charge in [0.2, 0.25) is 0 Å². The topological polar surface area (TPSA) is 99.4 Å². The number of hydrogen-bond donors (Lipinski definition) is 1. The molecule has 0 unspecified atom stereocenters. The van der Waals surface area contributed by atoms with E-state index in [1.54, 1.807) is 6.92 Å². The monoisotopic (exact) mass is 228 g/mol. The number of ketones is 1. The van der Waals surface area contributed by atoms with Gasteiger partial charge in [0, 0.05) is 5.38 Å². The summed E-state index contributed by atoms with van der Waals surface area (Å²) >= 11 is 0.907. The smallest absolute Gasteiger partial charge is 0.381 e. The van der Waals surface area contributed by atoms with Gasteiger partial charge >= 0.3 is 5.97 Å². The Labute approximate surface area is 89.1 Å². The molecule has 0 atom stereocenters. The fourth-order valence-corrected chi connectivity index (χ4v) is 1.44. The predicted molar refractivity (Wildman–Crippen MR) is 51.6 cm³/mol. The van der Waals surface area contributed by atoms with E-state index in [0.29, 0.717) is 0 Å². The minimum atomic E-state index is -0.987. The van der Waals surface area contributed by atoms with Crippen molar-refractivity contribution in [2.24, 2.45) is 5.73 Å². The van der Waals surface area contributed by atoms with Gasteiger partial charge in [0.1, 0.15) is 5.69 Å². The van der Waals surface area contributed by atoms with E-state index < -0.39 is 17.7 Å². The quantitative estimate of drug-likeness (QED) is 0.443. The summed E-state index contributed by atoms with van der Waals surface area (Å²) in [5.74, 6) is -2.60. The Morgan fingerprint density at radius 2 is 2.20 bits per heavy atom. The SMILES string of the molecule is CCOC(=O)C(=O)c1csc(C(N)=O)n1. The summed E-state index contributed by atoms with van der Waals surface area (Å²) in [6.07, 6.45) is 0. The first-order valence-electron chi connectivity index (χ1n) is 4.03. The zero-order valence-electron chi connectivity index (χ0n) is 7.85. The molecular weight excluding hydrogens is 220 g/mol. The first-order valence-corrected chi connectivity index (χ1v) is 4.91. The van der Waals surface area contributed by atoms with Crippen molar-refractivity contribution in [1.82, 2.24) is 4.98 Å². The number of nitrogens with zero attached hydrogens (tertiary/aromatic N) is 1. The lowest BCUT2D eigenvalue weighted by atomic mass is 10.3. The van der Waals surface area contributed by atoms with E-state index in [2.05, 4.69) is 9.72 Å². The van der Waals surface area contributed by atoms with E-state index in [0.717, 1.165) is 11.3 Å². The number of carbonyl (C=O) groups excluding carboxylic acids is 3. The fraction of sp³-hybridized carbons (Fsp3) is 0.250. The van der Waals surface area contributed by atoms with Crippen LogP contribution < -0.4 is 5.73 Å². The molecule has 0 saturated heterocycles. The molecule has 1 aromatic rings. The second kappa shape index (κ2) is 4.65. The molecule has 0 fully saturated rings. The van der Waals surface area contributed by atoms with Crippen molar-refractivity contribution >= 4 is 29.0 Å². The molecule has 7 heteroatoms. The number of amides is 1. The molecule has 0 radical (unpaired) electrons. The molecular formula is C8H8N2O4S. The maximum Gasteiger partial charge on any atom is 0.381 e. The number of thiazole rings is 1. The van der Waals surface area contributed by atoms with Gasteiger partial charge in [0.25, 0.3) is 11.7 Å². The number of aromatic nitrogens is 1. The van der Waals surface area contributed by atoms with Crippen LogP contribution in [0.3, 0.4) is 0 Å². The maximum absolute atomic E-state index is 11.3. The van der Waals surface area contributed by atoms with Gasteiger partial charge < -0.3 is 10.5 Å². The molecule has 1 amide bonds. The van der Waals surface area contributed by atoms with Gasteiger partial charge in [0.05, 0.1) is 6.61 Å². The standard InChI is InChI=1S/C8H8N2O4S/c1-2-14-8(13)5(11)4-3-15-7(10-4)6(9)12/h3H,2H2,1H3,(H2,9,12). The van der Waals surface area contributed by atoms with Crippen molar-refractivity contribution in [2.45, 2.75) is 6.92 Å². The summed E-state index contributed by atoms with van der Waals surface area (Å²) in [6.45, 7) is 1.69. The van der Waals surface area contributed by atoms with E-state index in [4.69, 9.17) is 5.73 Å². The fourth-order valence-electron chi connectivity index (χ4n) is 0.792. The average Bonchev–Trinajstić information content (AvgIpc) is 2.65. The lowest BCUT2D eigenvalue weighted by Crippen LogP contribution is -2.18. The van der Waals surface area contributed by atoms with Crippen molar-refractivity contribution in [3.8, 4) is 0 Å². The van der Waals surface area contributed by atoms with Gasteiger partial charge in [-0.25, -0.2) is 9.78 Å². The molecule has 0 spiro atoms. The summed E-state index contributed by atoms with van der Waals surface area (Å²) in [5, 5.41) is 1.28. The van der Waals surface area contributed by atoms with Crippen molar-refractivity contribution in [1.29, 1.82) is 0 Å². The molecule has 0 bridgehead atoms. The van der Waals surface area contributed by atoms with Gasteiger partial charge in [-0.2, -0.15) is 0 Å². The summed E-state index contributed by atoms with van der Waals surface area (Å²) in [7, 11) is 0. The molecule has 2 N–H and O–H groups in total. The Morgan fingerprint density at radius 1 is 1.53 bits per heavy atom. The van der Waals surface area contributed by atoms with Crippen molar-refractivity contribution in [3.05, 3.63) is 16.1 Å². The third kappa shape index (κ3) is 2.59. The highest BCUT2D eigenvalue weighted by Crippen LogP contribution is 2.10. The summed E-state index contributed by atoms with van der Waals surface area (Å²) in [4.78, 5) is 36.6. The highest BCUT2D eigenvalue weighted by molar-refractivity contribution is 7.12. The van der Waals surface area contributed by atoms with Gasteiger partial charge in [-0.05, 0) is 6.92 Å². The Kier molecular flexibility index (Phi) is 3.51. The van der Waals surface area contributed by atoms with Crippen molar-refractivity contribution < 1.29 is 19.1 Å². The van der Waals surface area contributed by atoms with Crippen LogP contribution in [-0.4, -0.2) is 29.3 Å². The van der Waals surface area contributed by atoms with E-state index in [9.17, 15) is 14.4 Å². The minimum Gasteiger partial charge on any atom is -0.460 e. The number of carbonyl (C=O) groups is 3. The Balaban J connectivity index is 2.83. The molecule has 0 aliphatic heterocycles. The Morgan fingerprint density at radius 3 is 2.67 bits per heavy atom. The summed E-state index contributed by atoms with van der Waals surface area (Å²) < 4.78 is 4.49. The van der Waals surface area contributed by atoms with Gasteiger partial charge in [-0.3, -0.25) is 9.59 Å². The lowest BCUT2D eigenvalue weighted by Gasteiger charge is -1.96. The van der Waals surface area contributed by atoms with E-state index in [-0.39, 0.29) is 17.3 Å². The third-order valence-electron chi connectivity index (χ3n) is 1.41. The van der Waals surface area contributed by atoms with Crippen LogP contribution in [0.25, 0.3) is 0 Å². The van der Waals surface area contributed by atoms with Crippen LogP contribution in [0.15, 0.2) is 5.38 Å². The highest BCUT2D eigenvalue weighted by Gasteiger charge is 2.21. The molecule has 15 heavy (non-hydrogen) atoms.